The summed E-state index contributed by atoms with van der Waals surface area (Å²) in [6.07, 6.45) is -2.65. The second-order valence-corrected chi connectivity index (χ2v) is 9.02. The quantitative estimate of drug-likeness (QED) is 0.394. The lowest BCUT2D eigenvalue weighted by Gasteiger charge is -2.25. The second kappa shape index (κ2) is 10.4. The number of hydrogen-bond donors (Lipinski definition) is 3. The molecule has 11 heteroatoms. The summed E-state index contributed by atoms with van der Waals surface area (Å²) < 4.78 is 12.7. The molecule has 188 valence electrons. The van der Waals surface area contributed by atoms with Crippen LogP contribution in [0, 0.1) is 17.2 Å². The van der Waals surface area contributed by atoms with E-state index < -0.39 is 36.5 Å². The van der Waals surface area contributed by atoms with Crippen LogP contribution < -0.4 is 5.32 Å². The number of amides is 1. The van der Waals surface area contributed by atoms with Crippen LogP contribution in [-0.2, 0) is 31.1 Å². The Kier molecular flexibility index (Phi) is 7.30. The summed E-state index contributed by atoms with van der Waals surface area (Å²) in [6.45, 7) is 3.24. The third kappa shape index (κ3) is 4.79. The topological polar surface area (TPSA) is 159 Å². The van der Waals surface area contributed by atoms with Crippen LogP contribution in [0.3, 0.4) is 0 Å². The van der Waals surface area contributed by atoms with E-state index in [1.807, 2.05) is 26.0 Å². The molecule has 3 heterocycles. The van der Waals surface area contributed by atoms with Crippen LogP contribution >= 0.6 is 0 Å². The number of fused-ring (bicyclic) bond motifs is 1. The Labute approximate surface area is 207 Å². The molecule has 1 aliphatic rings. The largest absolute Gasteiger partial charge is 0.456 e. The molecule has 1 aliphatic heterocycles. The van der Waals surface area contributed by atoms with Crippen LogP contribution in [0.4, 0.5) is 5.82 Å². The number of nitriles is 1. The lowest BCUT2D eigenvalue weighted by Crippen LogP contribution is -2.43. The van der Waals surface area contributed by atoms with Gasteiger partial charge in [-0.25, -0.2) is 9.50 Å². The van der Waals surface area contributed by atoms with Crippen LogP contribution in [0.2, 0.25) is 0 Å². The van der Waals surface area contributed by atoms with E-state index in [0.29, 0.717) is 17.5 Å². The number of nitrogens with zero attached hydrogens (tertiary/aromatic N) is 4. The number of aromatic nitrogens is 3. The first kappa shape index (κ1) is 25.2. The van der Waals surface area contributed by atoms with Crippen molar-refractivity contribution in [3.8, 4) is 6.07 Å². The lowest BCUT2D eigenvalue weighted by atomic mass is 9.92. The summed E-state index contributed by atoms with van der Waals surface area (Å²) in [7, 11) is 0. The van der Waals surface area contributed by atoms with E-state index in [4.69, 9.17) is 9.47 Å². The highest BCUT2D eigenvalue weighted by atomic mass is 16.6. The number of carbonyl (C=O) groups is 2. The van der Waals surface area contributed by atoms with Gasteiger partial charge in [0.05, 0.1) is 18.7 Å². The van der Waals surface area contributed by atoms with Crippen LogP contribution in [0.15, 0.2) is 48.8 Å². The Morgan fingerprint density at radius 2 is 2.03 bits per heavy atom. The third-order valence-electron chi connectivity index (χ3n) is 5.92. The van der Waals surface area contributed by atoms with Crippen molar-refractivity contribution in [2.45, 2.75) is 50.6 Å². The summed E-state index contributed by atoms with van der Waals surface area (Å²) in [6, 6.07) is 14.0. The van der Waals surface area contributed by atoms with Crippen molar-refractivity contribution < 1.29 is 29.3 Å². The monoisotopic (exact) mass is 493 g/mol. The zero-order chi connectivity index (χ0) is 25.9. The zero-order valence-corrected chi connectivity index (χ0v) is 19.9. The molecular formula is C25H27N5O6. The molecule has 1 fully saturated rings. The van der Waals surface area contributed by atoms with Gasteiger partial charge >= 0.3 is 5.97 Å². The number of aliphatic hydroxyl groups is 2. The number of carbonyl (C=O) groups excluding carboxylic acids is 2. The average Bonchev–Trinajstić information content (AvgIpc) is 3.40. The van der Waals surface area contributed by atoms with Gasteiger partial charge < -0.3 is 25.0 Å². The molecule has 4 rings (SSSR count). The van der Waals surface area contributed by atoms with Crippen molar-refractivity contribution in [3.63, 3.8) is 0 Å². The molecule has 0 saturated carbocycles. The molecule has 2 aromatic heterocycles. The maximum Gasteiger partial charge on any atom is 0.310 e. The fourth-order valence-corrected chi connectivity index (χ4v) is 4.27. The van der Waals surface area contributed by atoms with Gasteiger partial charge in [-0.2, -0.15) is 10.4 Å². The first-order chi connectivity index (χ1) is 17.3. The molecule has 0 unspecified atom stereocenters. The van der Waals surface area contributed by atoms with Gasteiger partial charge in [-0.05, 0) is 23.6 Å². The minimum atomic E-state index is -2.01. The van der Waals surface area contributed by atoms with Crippen molar-refractivity contribution in [2.24, 2.45) is 5.92 Å². The van der Waals surface area contributed by atoms with E-state index in [1.54, 1.807) is 30.3 Å². The van der Waals surface area contributed by atoms with Gasteiger partial charge in [0.15, 0.2) is 11.9 Å². The Morgan fingerprint density at radius 1 is 1.28 bits per heavy atom. The normalized spacial score (nSPS) is 23.5. The number of rotatable bonds is 8. The second-order valence-electron chi connectivity index (χ2n) is 9.02. The summed E-state index contributed by atoms with van der Waals surface area (Å²) >= 11 is 0. The molecule has 0 aliphatic carbocycles. The highest BCUT2D eigenvalue weighted by Crippen LogP contribution is 2.41. The third-order valence-corrected chi connectivity index (χ3v) is 5.92. The van der Waals surface area contributed by atoms with Crippen LogP contribution in [0.5, 0.6) is 0 Å². The summed E-state index contributed by atoms with van der Waals surface area (Å²) in [5.41, 5.74) is -0.788. The van der Waals surface area contributed by atoms with E-state index in [-0.39, 0.29) is 29.8 Å². The standard InChI is InChI=1S/C25H27N5O6/c1-15(2)10-20(32)29-24-17-8-9-19(30(17)28-14-27-24)25(13-26)23(34)22(18(12-31)36-25)35-21(33)11-16-6-4-3-5-7-16/h3-9,14-15,18,22-23,31,34H,10-12H2,1-2H3,(H,27,28,29,32)/t18-,22-,23-,25+/m1/s1. The molecular weight excluding hydrogens is 466 g/mol. The average molecular weight is 494 g/mol. The number of hydrogen-bond acceptors (Lipinski definition) is 9. The molecule has 3 aromatic rings. The minimum absolute atomic E-state index is 0.0531. The first-order valence-corrected chi connectivity index (χ1v) is 11.5. The van der Waals surface area contributed by atoms with E-state index >= 15 is 0 Å². The number of nitrogens with one attached hydrogen (secondary N) is 1. The minimum Gasteiger partial charge on any atom is -0.456 e. The maximum atomic E-state index is 12.6. The van der Waals surface area contributed by atoms with E-state index in [0.717, 1.165) is 0 Å². The number of aliphatic hydroxyl groups excluding tert-OH is 2. The summed E-state index contributed by atoms with van der Waals surface area (Å²) in [4.78, 5) is 29.0. The van der Waals surface area contributed by atoms with E-state index in [9.17, 15) is 25.1 Å². The molecule has 11 nitrogen and oxygen atoms in total. The molecule has 0 bridgehead atoms. The zero-order valence-electron chi connectivity index (χ0n) is 19.9. The van der Waals surface area contributed by atoms with Gasteiger partial charge in [0.25, 0.3) is 0 Å². The fourth-order valence-electron chi connectivity index (χ4n) is 4.27. The molecule has 3 N–H and O–H groups in total. The number of anilines is 1. The molecule has 0 radical (unpaired) electrons. The maximum absolute atomic E-state index is 12.6. The van der Waals surface area contributed by atoms with Crippen molar-refractivity contribution in [1.82, 2.24) is 14.6 Å². The molecule has 1 amide bonds. The highest BCUT2D eigenvalue weighted by Gasteiger charge is 2.59. The first-order valence-electron chi connectivity index (χ1n) is 11.5. The Hall–Kier alpha value is -3.85. The highest BCUT2D eigenvalue weighted by molar-refractivity contribution is 5.93. The van der Waals surface area contributed by atoms with Crippen LogP contribution in [-0.4, -0.2) is 61.6 Å². The Morgan fingerprint density at radius 3 is 2.69 bits per heavy atom. The predicted molar refractivity (Wildman–Crippen MR) is 126 cm³/mol. The molecule has 1 aromatic carbocycles. The van der Waals surface area contributed by atoms with Crippen molar-refractivity contribution in [2.75, 3.05) is 11.9 Å². The molecule has 1 saturated heterocycles. The summed E-state index contributed by atoms with van der Waals surface area (Å²) in [5, 5.41) is 38.2. The number of esters is 1. The molecule has 4 atom stereocenters. The van der Waals surface area contributed by atoms with Crippen molar-refractivity contribution in [1.29, 1.82) is 5.26 Å². The van der Waals surface area contributed by atoms with Crippen LogP contribution in [0.25, 0.3) is 5.52 Å². The number of benzene rings is 1. The molecule has 0 spiro atoms. The SMILES string of the molecule is CC(C)CC(=O)Nc1ncnn2c([C@]3(C#N)O[C@H](CO)[C@@H](OC(=O)Cc4ccccc4)[C@H]3O)ccc12. The lowest BCUT2D eigenvalue weighted by molar-refractivity contribution is -0.155. The summed E-state index contributed by atoms with van der Waals surface area (Å²) in [5.74, 6) is -0.497. The van der Waals surface area contributed by atoms with Gasteiger partial charge in [-0.1, -0.05) is 44.2 Å². The Bertz CT molecular complexity index is 1290. The predicted octanol–water partition coefficient (Wildman–Crippen LogP) is 1.34. The van der Waals surface area contributed by atoms with Crippen molar-refractivity contribution >= 4 is 23.2 Å². The van der Waals surface area contributed by atoms with Gasteiger partial charge in [-0.3, -0.25) is 9.59 Å². The van der Waals surface area contributed by atoms with Crippen LogP contribution in [0.1, 0.15) is 31.5 Å². The van der Waals surface area contributed by atoms with Crippen molar-refractivity contribution in [3.05, 3.63) is 60.0 Å². The smallest absolute Gasteiger partial charge is 0.310 e. The van der Waals surface area contributed by atoms with Gasteiger partial charge in [0.2, 0.25) is 11.5 Å². The van der Waals surface area contributed by atoms with Gasteiger partial charge in [0.1, 0.15) is 30.1 Å². The number of ether oxygens (including phenoxy) is 2. The van der Waals surface area contributed by atoms with E-state index in [2.05, 4.69) is 15.4 Å². The molecule has 36 heavy (non-hydrogen) atoms. The van der Waals surface area contributed by atoms with E-state index in [1.165, 1.54) is 16.9 Å². The van der Waals surface area contributed by atoms with Gasteiger partial charge in [-0.15, -0.1) is 0 Å². The Balaban J connectivity index is 1.63. The van der Waals surface area contributed by atoms with Gasteiger partial charge in [0, 0.05) is 6.42 Å². The fraction of sp³-hybridized carbons (Fsp3) is 0.400.